The van der Waals surface area contributed by atoms with Crippen LogP contribution in [0.3, 0.4) is 0 Å². The minimum absolute atomic E-state index is 0.0506. The Balaban J connectivity index is 2.04. The second-order valence-corrected chi connectivity index (χ2v) is 8.09. The van der Waals surface area contributed by atoms with Crippen LogP contribution in [0.15, 0.2) is 24.3 Å². The van der Waals surface area contributed by atoms with Crippen molar-refractivity contribution >= 4 is 11.8 Å². The van der Waals surface area contributed by atoms with Gasteiger partial charge in [0, 0.05) is 18.5 Å². The van der Waals surface area contributed by atoms with Gasteiger partial charge in [-0.25, -0.2) is 5.48 Å². The van der Waals surface area contributed by atoms with Crippen molar-refractivity contribution in [2.45, 2.75) is 96.8 Å². The molecule has 30 heavy (non-hydrogen) atoms. The van der Waals surface area contributed by atoms with Gasteiger partial charge in [-0.05, 0) is 24.8 Å². The average Bonchev–Trinajstić information content (AvgIpc) is 2.74. The first kappa shape index (κ1) is 26.3. The third-order valence-corrected chi connectivity index (χ3v) is 5.32. The molecular formula is C25H41NO4. The molecule has 1 rings (SSSR count). The van der Waals surface area contributed by atoms with E-state index in [4.69, 9.17) is 9.94 Å². The maximum Gasteiger partial charge on any atom is 0.303 e. The van der Waals surface area contributed by atoms with Gasteiger partial charge in [0.25, 0.3) is 0 Å². The van der Waals surface area contributed by atoms with E-state index in [0.717, 1.165) is 6.42 Å². The van der Waals surface area contributed by atoms with Crippen LogP contribution in [0.4, 0.5) is 0 Å². The summed E-state index contributed by atoms with van der Waals surface area (Å²) < 4.78 is 0. The first-order valence-electron chi connectivity index (χ1n) is 11.8. The van der Waals surface area contributed by atoms with Crippen LogP contribution >= 0.6 is 0 Å². The van der Waals surface area contributed by atoms with Crippen LogP contribution in [0.2, 0.25) is 0 Å². The van der Waals surface area contributed by atoms with Crippen LogP contribution in [0, 0.1) is 0 Å². The van der Waals surface area contributed by atoms with E-state index >= 15 is 0 Å². The van der Waals surface area contributed by atoms with Gasteiger partial charge in [-0.3, -0.25) is 14.4 Å². The zero-order valence-corrected chi connectivity index (χ0v) is 18.8. The highest BCUT2D eigenvalue weighted by Crippen LogP contribution is 2.13. The molecular weight excluding hydrogens is 378 g/mol. The summed E-state index contributed by atoms with van der Waals surface area (Å²) in [6.45, 7) is 2.63. The number of carboxylic acid groups (broad SMARTS) is 1. The number of carboxylic acids is 1. The summed E-state index contributed by atoms with van der Waals surface area (Å²) in [5.41, 5.74) is 4.55. The molecule has 0 fully saturated rings. The third-order valence-electron chi connectivity index (χ3n) is 5.32. The number of Topliss-reactive ketones (excluding diaryl/α,β-unsaturated/α-hetero) is 1. The van der Waals surface area contributed by atoms with Gasteiger partial charge in [-0.2, -0.15) is 0 Å². The monoisotopic (exact) mass is 419 g/mol. The Morgan fingerprint density at radius 2 is 1.40 bits per heavy atom. The summed E-state index contributed by atoms with van der Waals surface area (Å²) in [7, 11) is 0. The van der Waals surface area contributed by atoms with Gasteiger partial charge in [0.2, 0.25) is 0 Å². The molecule has 170 valence electrons. The van der Waals surface area contributed by atoms with Crippen LogP contribution in [0.1, 0.15) is 106 Å². The van der Waals surface area contributed by atoms with Gasteiger partial charge in [-0.1, -0.05) is 95.4 Å². The molecule has 0 radical (unpaired) electrons. The number of ketones is 1. The summed E-state index contributed by atoms with van der Waals surface area (Å²) in [4.78, 5) is 27.6. The highest BCUT2D eigenvalue weighted by molar-refractivity contribution is 5.97. The lowest BCUT2D eigenvalue weighted by atomic mass is 10.0. The number of hydroxylamine groups is 1. The fourth-order valence-electron chi connectivity index (χ4n) is 3.43. The normalized spacial score (nSPS) is 11.0. The largest absolute Gasteiger partial charge is 0.481 e. The van der Waals surface area contributed by atoms with Crippen molar-refractivity contribution in [2.24, 2.45) is 0 Å². The van der Waals surface area contributed by atoms with Gasteiger partial charge >= 0.3 is 5.97 Å². The van der Waals surface area contributed by atoms with E-state index in [2.05, 4.69) is 12.4 Å². The van der Waals surface area contributed by atoms with Crippen LogP contribution in [0.5, 0.6) is 0 Å². The highest BCUT2D eigenvalue weighted by Gasteiger charge is 2.06. The van der Waals surface area contributed by atoms with Crippen molar-refractivity contribution in [1.29, 1.82) is 0 Å². The lowest BCUT2D eigenvalue weighted by molar-refractivity contribution is -0.137. The highest BCUT2D eigenvalue weighted by atomic mass is 16.6. The first-order chi connectivity index (χ1) is 14.6. The Bertz CT molecular complexity index is 571. The lowest BCUT2D eigenvalue weighted by Gasteiger charge is -2.06. The fourth-order valence-corrected chi connectivity index (χ4v) is 3.43. The minimum atomic E-state index is -0.832. The predicted molar refractivity (Wildman–Crippen MR) is 122 cm³/mol. The second kappa shape index (κ2) is 18.1. The number of aliphatic carboxylic acids is 1. The van der Waals surface area contributed by atoms with Crippen molar-refractivity contribution < 1.29 is 19.5 Å². The number of rotatable bonds is 20. The number of benzene rings is 1. The molecule has 0 aliphatic carbocycles. The van der Waals surface area contributed by atoms with Crippen molar-refractivity contribution in [1.82, 2.24) is 5.48 Å². The molecule has 0 saturated heterocycles. The predicted octanol–water partition coefficient (Wildman–Crippen LogP) is 6.11. The maximum atomic E-state index is 12.1. The van der Waals surface area contributed by atoms with Crippen LogP contribution in [0.25, 0.3) is 0 Å². The number of carbonyl (C=O) groups excluding carboxylic acids is 1. The van der Waals surface area contributed by atoms with E-state index < -0.39 is 5.97 Å². The molecule has 5 nitrogen and oxygen atoms in total. The molecule has 0 aliphatic heterocycles. The summed E-state index contributed by atoms with van der Waals surface area (Å²) in [6.07, 6.45) is 16.4. The Kier molecular flexibility index (Phi) is 15.9. The van der Waals surface area contributed by atoms with Gasteiger partial charge in [0.05, 0.1) is 0 Å². The fraction of sp³-hybridized carbons (Fsp3) is 0.680. The van der Waals surface area contributed by atoms with E-state index in [0.29, 0.717) is 18.5 Å². The number of nitrogens with one attached hydrogen (secondary N) is 1. The quantitative estimate of drug-likeness (QED) is 0.151. The lowest BCUT2D eigenvalue weighted by Crippen LogP contribution is -2.21. The number of carbonyl (C=O) groups is 2. The average molecular weight is 420 g/mol. The Hall–Kier alpha value is -1.72. The molecule has 0 aliphatic rings. The van der Waals surface area contributed by atoms with E-state index in [1.54, 1.807) is 0 Å². The smallest absolute Gasteiger partial charge is 0.303 e. The molecule has 0 unspecified atom stereocenters. The molecule has 0 aromatic heterocycles. The summed E-state index contributed by atoms with van der Waals surface area (Å²) in [5, 5.41) is 8.55. The first-order valence-corrected chi connectivity index (χ1v) is 11.8. The summed E-state index contributed by atoms with van der Waals surface area (Å²) in [5.74, 6) is -0.914. The second-order valence-electron chi connectivity index (χ2n) is 8.09. The molecule has 0 spiro atoms. The Morgan fingerprint density at radius 3 is 1.97 bits per heavy atom. The van der Waals surface area contributed by atoms with E-state index in [9.17, 15) is 9.59 Å². The number of unbranched alkanes of at least 4 members (excludes halogenated alkanes) is 10. The Morgan fingerprint density at radius 1 is 0.833 bits per heavy atom. The minimum Gasteiger partial charge on any atom is -0.481 e. The van der Waals surface area contributed by atoms with Crippen molar-refractivity contribution in [3.63, 3.8) is 0 Å². The molecule has 1 aromatic rings. The van der Waals surface area contributed by atoms with Gasteiger partial charge < -0.3 is 5.11 Å². The van der Waals surface area contributed by atoms with Gasteiger partial charge in [0.15, 0.2) is 5.78 Å². The van der Waals surface area contributed by atoms with Crippen LogP contribution in [-0.4, -0.2) is 30.0 Å². The van der Waals surface area contributed by atoms with Crippen molar-refractivity contribution in [3.05, 3.63) is 35.4 Å². The molecule has 5 heteroatoms. The molecule has 0 bridgehead atoms. The number of hydrogen-bond acceptors (Lipinski definition) is 4. The van der Waals surface area contributed by atoms with E-state index in [1.807, 2.05) is 24.3 Å². The Labute approximate surface area is 182 Å². The molecule has 0 atom stereocenters. The number of aryl methyl sites for hydroxylation is 1. The summed E-state index contributed by atoms with van der Waals surface area (Å²) in [6, 6.07) is 7.79. The van der Waals surface area contributed by atoms with Crippen molar-refractivity contribution in [2.75, 3.05) is 13.2 Å². The zero-order valence-electron chi connectivity index (χ0n) is 18.8. The molecule has 0 heterocycles. The van der Waals surface area contributed by atoms with Crippen LogP contribution < -0.4 is 5.48 Å². The van der Waals surface area contributed by atoms with E-state index in [1.165, 1.54) is 76.2 Å². The molecule has 0 amide bonds. The topological polar surface area (TPSA) is 75.6 Å². The van der Waals surface area contributed by atoms with Gasteiger partial charge in [-0.15, -0.1) is 0 Å². The standard InChI is InChI=1S/C25H41NO4/c1-2-3-4-5-6-7-8-9-10-11-12-14-22-16-18-23(19-17-22)24(27)21-30-26-20-13-15-25(28)29/h16-19,26H,2-15,20-21H2,1H3,(H,28,29). The van der Waals surface area contributed by atoms with Crippen molar-refractivity contribution in [3.8, 4) is 0 Å². The summed E-state index contributed by atoms with van der Waals surface area (Å²) >= 11 is 0. The molecule has 2 N–H and O–H groups in total. The third kappa shape index (κ3) is 14.3. The maximum absolute atomic E-state index is 12.1. The zero-order chi connectivity index (χ0) is 21.9. The number of hydrogen-bond donors (Lipinski definition) is 2. The molecule has 0 saturated carbocycles. The molecule has 1 aromatic carbocycles. The SMILES string of the molecule is CCCCCCCCCCCCCc1ccc(C(=O)CONCCCC(=O)O)cc1. The van der Waals surface area contributed by atoms with Gasteiger partial charge in [0.1, 0.15) is 6.61 Å². The van der Waals surface area contributed by atoms with E-state index in [-0.39, 0.29) is 18.8 Å². The van der Waals surface area contributed by atoms with Crippen LogP contribution in [-0.2, 0) is 16.1 Å².